The SMILES string of the molecule is OC1C[C@@H]2O[C@@H]3C[C@]2(C[C@@H](O)[C@H]3O)O1. The Hall–Kier alpha value is -0.200. The molecule has 2 saturated heterocycles. The van der Waals surface area contributed by atoms with Crippen LogP contribution in [0, 0.1) is 0 Å². The maximum absolute atomic E-state index is 9.60. The standard InChI is InChI=1S/C9H14O5/c10-4-2-9-3-5(8(4)12)13-6(9)1-7(11)14-9/h4-8,10-12H,1-3H2/t4-,5-,6+,7?,8-,9+/m1/s1. The van der Waals surface area contributed by atoms with Gasteiger partial charge in [0.15, 0.2) is 6.29 Å². The van der Waals surface area contributed by atoms with Crippen LogP contribution in [0.3, 0.4) is 0 Å². The molecular formula is C9H14O5. The van der Waals surface area contributed by atoms with Crippen molar-refractivity contribution in [1.82, 2.24) is 0 Å². The van der Waals surface area contributed by atoms with Crippen molar-refractivity contribution in [3.05, 3.63) is 0 Å². The fourth-order valence-corrected chi connectivity index (χ4v) is 2.94. The van der Waals surface area contributed by atoms with Crippen molar-refractivity contribution in [2.45, 2.75) is 55.6 Å². The van der Waals surface area contributed by atoms with Crippen LogP contribution in [0.4, 0.5) is 0 Å². The molecule has 0 aromatic rings. The van der Waals surface area contributed by atoms with Crippen molar-refractivity contribution in [3.8, 4) is 0 Å². The van der Waals surface area contributed by atoms with Gasteiger partial charge in [-0.2, -0.15) is 0 Å². The molecule has 3 aliphatic rings. The molecule has 5 heteroatoms. The van der Waals surface area contributed by atoms with Crippen LogP contribution in [0.1, 0.15) is 19.3 Å². The van der Waals surface area contributed by atoms with Gasteiger partial charge in [-0.15, -0.1) is 0 Å². The Bertz CT molecular complexity index is 258. The van der Waals surface area contributed by atoms with Crippen LogP contribution in [0.15, 0.2) is 0 Å². The number of hydrogen-bond acceptors (Lipinski definition) is 5. The van der Waals surface area contributed by atoms with Crippen LogP contribution >= 0.6 is 0 Å². The third-order valence-corrected chi connectivity index (χ3v) is 3.59. The van der Waals surface area contributed by atoms with Crippen LogP contribution in [0.2, 0.25) is 0 Å². The van der Waals surface area contributed by atoms with E-state index >= 15 is 0 Å². The van der Waals surface area contributed by atoms with Crippen LogP contribution in [-0.2, 0) is 9.47 Å². The van der Waals surface area contributed by atoms with Gasteiger partial charge >= 0.3 is 0 Å². The number of hydrogen-bond donors (Lipinski definition) is 3. The maximum Gasteiger partial charge on any atom is 0.158 e. The van der Waals surface area contributed by atoms with Crippen molar-refractivity contribution in [2.75, 3.05) is 0 Å². The summed E-state index contributed by atoms with van der Waals surface area (Å²) >= 11 is 0. The van der Waals surface area contributed by atoms with Crippen LogP contribution in [-0.4, -0.2) is 51.6 Å². The summed E-state index contributed by atoms with van der Waals surface area (Å²) in [7, 11) is 0. The molecule has 1 aliphatic carbocycles. The average molecular weight is 202 g/mol. The first-order chi connectivity index (χ1) is 6.61. The Morgan fingerprint density at radius 3 is 2.71 bits per heavy atom. The second kappa shape index (κ2) is 2.68. The van der Waals surface area contributed by atoms with E-state index in [0.29, 0.717) is 19.3 Å². The fraction of sp³-hybridized carbons (Fsp3) is 1.00. The van der Waals surface area contributed by atoms with Gasteiger partial charge in [-0.1, -0.05) is 0 Å². The predicted octanol–water partition coefficient (Wildman–Crippen LogP) is -1.25. The van der Waals surface area contributed by atoms with Gasteiger partial charge in [0.05, 0.1) is 18.3 Å². The molecule has 0 amide bonds. The minimum absolute atomic E-state index is 0.172. The summed E-state index contributed by atoms with van der Waals surface area (Å²) in [4.78, 5) is 0. The van der Waals surface area contributed by atoms with E-state index < -0.39 is 24.1 Å². The quantitative estimate of drug-likeness (QED) is 0.457. The van der Waals surface area contributed by atoms with E-state index in [4.69, 9.17) is 9.47 Å². The van der Waals surface area contributed by atoms with Gasteiger partial charge in [0.2, 0.25) is 0 Å². The van der Waals surface area contributed by atoms with E-state index in [0.717, 1.165) is 0 Å². The third kappa shape index (κ3) is 1.02. The molecular weight excluding hydrogens is 188 g/mol. The topological polar surface area (TPSA) is 79.2 Å². The summed E-state index contributed by atoms with van der Waals surface area (Å²) < 4.78 is 11.0. The molecule has 2 aliphatic heterocycles. The molecule has 2 bridgehead atoms. The Kier molecular flexibility index (Phi) is 1.73. The first-order valence-corrected chi connectivity index (χ1v) is 4.98. The van der Waals surface area contributed by atoms with Crippen LogP contribution in [0.5, 0.6) is 0 Å². The molecule has 1 saturated carbocycles. The first-order valence-electron chi connectivity index (χ1n) is 4.98. The summed E-state index contributed by atoms with van der Waals surface area (Å²) in [5.41, 5.74) is -0.553. The molecule has 3 N–H and O–H groups in total. The van der Waals surface area contributed by atoms with Gasteiger partial charge in [-0.25, -0.2) is 0 Å². The highest BCUT2D eigenvalue weighted by Gasteiger charge is 2.61. The molecule has 3 fully saturated rings. The van der Waals surface area contributed by atoms with E-state index in [1.165, 1.54) is 0 Å². The molecule has 0 radical (unpaired) electrons. The third-order valence-electron chi connectivity index (χ3n) is 3.59. The van der Waals surface area contributed by atoms with E-state index in [1.54, 1.807) is 0 Å². The molecule has 2 heterocycles. The summed E-state index contributed by atoms with van der Waals surface area (Å²) in [6.07, 6.45) is -1.54. The van der Waals surface area contributed by atoms with E-state index in [1.807, 2.05) is 0 Å². The number of ether oxygens (including phenoxy) is 2. The molecule has 3 rings (SSSR count). The zero-order valence-electron chi connectivity index (χ0n) is 7.67. The van der Waals surface area contributed by atoms with Gasteiger partial charge in [-0.3, -0.25) is 0 Å². The summed E-state index contributed by atoms with van der Waals surface area (Å²) in [6, 6.07) is 0. The number of fused-ring (bicyclic) bond motifs is 1. The lowest BCUT2D eigenvalue weighted by atomic mass is 9.80. The van der Waals surface area contributed by atoms with Gasteiger partial charge < -0.3 is 24.8 Å². The molecule has 0 aromatic heterocycles. The second-order valence-electron chi connectivity index (χ2n) is 4.50. The molecule has 80 valence electrons. The lowest BCUT2D eigenvalue weighted by Crippen LogP contribution is -2.49. The van der Waals surface area contributed by atoms with Crippen LogP contribution < -0.4 is 0 Å². The van der Waals surface area contributed by atoms with E-state index in [-0.39, 0.29) is 12.2 Å². The molecule has 14 heavy (non-hydrogen) atoms. The normalized spacial score (nSPS) is 61.5. The largest absolute Gasteiger partial charge is 0.390 e. The highest BCUT2D eigenvalue weighted by Crippen LogP contribution is 2.49. The Morgan fingerprint density at radius 2 is 1.93 bits per heavy atom. The van der Waals surface area contributed by atoms with Gasteiger partial charge in [0, 0.05) is 19.3 Å². The van der Waals surface area contributed by atoms with Crippen LogP contribution in [0.25, 0.3) is 0 Å². The van der Waals surface area contributed by atoms with Crippen molar-refractivity contribution in [2.24, 2.45) is 0 Å². The van der Waals surface area contributed by atoms with E-state index in [2.05, 4.69) is 0 Å². The van der Waals surface area contributed by atoms with Crippen molar-refractivity contribution in [1.29, 1.82) is 0 Å². The highest BCUT2D eigenvalue weighted by atomic mass is 16.7. The zero-order chi connectivity index (χ0) is 9.92. The Balaban J connectivity index is 1.90. The molecule has 0 aromatic carbocycles. The van der Waals surface area contributed by atoms with Gasteiger partial charge in [0.1, 0.15) is 11.7 Å². The smallest absolute Gasteiger partial charge is 0.158 e. The Labute approximate surface area is 81.3 Å². The lowest BCUT2D eigenvalue weighted by molar-refractivity contribution is -0.172. The van der Waals surface area contributed by atoms with E-state index in [9.17, 15) is 15.3 Å². The Morgan fingerprint density at radius 1 is 1.14 bits per heavy atom. The monoisotopic (exact) mass is 202 g/mol. The first kappa shape index (κ1) is 9.06. The summed E-state index contributed by atoms with van der Waals surface area (Å²) in [5.74, 6) is 0. The number of aliphatic hydroxyl groups is 3. The molecule has 1 spiro atoms. The highest BCUT2D eigenvalue weighted by molar-refractivity contribution is 5.09. The minimum atomic E-state index is -0.813. The predicted molar refractivity (Wildman–Crippen MR) is 44.3 cm³/mol. The molecule has 5 nitrogen and oxygen atoms in total. The molecule has 1 unspecified atom stereocenters. The average Bonchev–Trinajstić information content (AvgIpc) is 2.51. The summed E-state index contributed by atoms with van der Waals surface area (Å²) in [6.45, 7) is 0. The zero-order valence-corrected chi connectivity index (χ0v) is 7.67. The van der Waals surface area contributed by atoms with Crippen molar-refractivity contribution < 1.29 is 24.8 Å². The minimum Gasteiger partial charge on any atom is -0.390 e. The number of aliphatic hydroxyl groups excluding tert-OH is 3. The maximum atomic E-state index is 9.60. The van der Waals surface area contributed by atoms with Crippen molar-refractivity contribution >= 4 is 0 Å². The molecule has 6 atom stereocenters. The lowest BCUT2D eigenvalue weighted by Gasteiger charge is -2.35. The fourth-order valence-electron chi connectivity index (χ4n) is 2.94. The second-order valence-corrected chi connectivity index (χ2v) is 4.50. The van der Waals surface area contributed by atoms with Gasteiger partial charge in [0.25, 0.3) is 0 Å². The summed E-state index contributed by atoms with van der Waals surface area (Å²) in [5, 5.41) is 28.5. The number of rotatable bonds is 0. The van der Waals surface area contributed by atoms with Gasteiger partial charge in [-0.05, 0) is 0 Å². The van der Waals surface area contributed by atoms with Crippen molar-refractivity contribution in [3.63, 3.8) is 0 Å².